The van der Waals surface area contributed by atoms with Gasteiger partial charge in [0.2, 0.25) is 5.95 Å². The van der Waals surface area contributed by atoms with Gasteiger partial charge in [-0.05, 0) is 17.7 Å². The van der Waals surface area contributed by atoms with Gasteiger partial charge in [-0.3, -0.25) is 0 Å². The van der Waals surface area contributed by atoms with E-state index in [0.29, 0.717) is 28.0 Å². The summed E-state index contributed by atoms with van der Waals surface area (Å²) in [4.78, 5) is 4.82. The first-order valence-electron chi connectivity index (χ1n) is 9.57. The molecule has 0 saturated carbocycles. The van der Waals surface area contributed by atoms with Crippen molar-refractivity contribution in [2.45, 2.75) is 12.6 Å². The maximum Gasteiger partial charge on any atom is 0.205 e. The smallest absolute Gasteiger partial charge is 0.205 e. The largest absolute Gasteiger partial charge is 0.369 e. The molecule has 4 aromatic rings. The molecular weight excluding hydrogens is 417 g/mol. The predicted octanol–water partition coefficient (Wildman–Crippen LogP) is 6.09. The number of halogens is 2. The molecule has 0 aliphatic heterocycles. The molecule has 30 heavy (non-hydrogen) atoms. The highest BCUT2D eigenvalue weighted by atomic mass is 35.5. The Kier molecular flexibility index (Phi) is 6.09. The Morgan fingerprint density at radius 3 is 2.30 bits per heavy atom. The summed E-state index contributed by atoms with van der Waals surface area (Å²) in [7, 11) is 1.93. The molecule has 3 aromatic carbocycles. The number of nitrogens with one attached hydrogen (secondary N) is 1. The van der Waals surface area contributed by atoms with Gasteiger partial charge in [0.15, 0.2) is 6.23 Å². The number of imidazole rings is 1. The zero-order chi connectivity index (χ0) is 21.1. The predicted molar refractivity (Wildman–Crippen MR) is 123 cm³/mol. The van der Waals surface area contributed by atoms with Crippen LogP contribution in [0.1, 0.15) is 23.0 Å². The quantitative estimate of drug-likeness (QED) is 0.359. The maximum absolute atomic E-state index is 10.7. The number of benzene rings is 3. The van der Waals surface area contributed by atoms with Crippen molar-refractivity contribution in [1.29, 1.82) is 0 Å². The minimum Gasteiger partial charge on any atom is -0.369 e. The van der Waals surface area contributed by atoms with Crippen molar-refractivity contribution in [2.24, 2.45) is 7.05 Å². The summed E-state index contributed by atoms with van der Waals surface area (Å²) in [5, 5.41) is 14.7. The highest BCUT2D eigenvalue weighted by molar-refractivity contribution is 6.35. The van der Waals surface area contributed by atoms with Crippen LogP contribution in [0.3, 0.4) is 0 Å². The Hall–Kier alpha value is -2.79. The molecular formula is C24H21Cl2N3O. The van der Waals surface area contributed by atoms with Gasteiger partial charge >= 0.3 is 0 Å². The molecule has 4 nitrogen and oxygen atoms in total. The second-order valence-electron chi connectivity index (χ2n) is 7.03. The molecule has 1 aromatic heterocycles. The minimum absolute atomic E-state index is 0.393. The average Bonchev–Trinajstić information content (AvgIpc) is 3.04. The Balaban J connectivity index is 1.71. The third kappa shape index (κ3) is 4.36. The fourth-order valence-electron chi connectivity index (χ4n) is 3.48. The lowest BCUT2D eigenvalue weighted by Gasteiger charge is -2.16. The molecule has 2 N–H and O–H groups in total. The third-order valence-electron chi connectivity index (χ3n) is 4.95. The molecule has 1 unspecified atom stereocenters. The van der Waals surface area contributed by atoms with E-state index in [2.05, 4.69) is 29.6 Å². The van der Waals surface area contributed by atoms with E-state index in [4.69, 9.17) is 28.2 Å². The molecule has 0 aliphatic carbocycles. The molecule has 0 fully saturated rings. The normalized spacial score (nSPS) is 12.0. The van der Waals surface area contributed by atoms with Crippen molar-refractivity contribution in [3.63, 3.8) is 0 Å². The first kappa shape index (κ1) is 20.5. The molecule has 0 spiro atoms. The van der Waals surface area contributed by atoms with Gasteiger partial charge in [0.25, 0.3) is 0 Å². The fraction of sp³-hybridized carbons (Fsp3) is 0.125. The molecule has 1 atom stereocenters. The van der Waals surface area contributed by atoms with Crippen molar-refractivity contribution in [3.8, 4) is 11.3 Å². The minimum atomic E-state index is -1.02. The first-order valence-corrected chi connectivity index (χ1v) is 10.3. The monoisotopic (exact) mass is 437 g/mol. The Bertz CT molecular complexity index is 1140. The lowest BCUT2D eigenvalue weighted by molar-refractivity contribution is 0.207. The van der Waals surface area contributed by atoms with Gasteiger partial charge < -0.3 is 15.0 Å². The number of aliphatic hydroxyl groups excluding tert-OH is 1. The molecule has 0 aliphatic rings. The van der Waals surface area contributed by atoms with Crippen LogP contribution in [0.5, 0.6) is 0 Å². The lowest BCUT2D eigenvalue weighted by atomic mass is 10.0. The molecule has 6 heteroatoms. The summed E-state index contributed by atoms with van der Waals surface area (Å²) < 4.78 is 1.96. The number of hydrogen-bond acceptors (Lipinski definition) is 3. The van der Waals surface area contributed by atoms with Crippen LogP contribution in [-0.4, -0.2) is 14.7 Å². The third-order valence-corrected chi connectivity index (χ3v) is 5.51. The van der Waals surface area contributed by atoms with Crippen LogP contribution < -0.4 is 5.32 Å². The highest BCUT2D eigenvalue weighted by Crippen LogP contribution is 2.31. The standard InChI is InChI=1S/C24H21Cl2N3O/c1-29-22(17-10-6-3-7-11-17)21(14-16-8-4-2-5-9-16)27-24(29)28-23(30)19-13-12-18(25)15-20(19)26/h2-13,15,23,30H,14H2,1H3,(H,27,28). The summed E-state index contributed by atoms with van der Waals surface area (Å²) >= 11 is 12.2. The van der Waals surface area contributed by atoms with Crippen LogP contribution in [0.25, 0.3) is 11.3 Å². The maximum atomic E-state index is 10.7. The summed E-state index contributed by atoms with van der Waals surface area (Å²) in [6.45, 7) is 0. The van der Waals surface area contributed by atoms with Crippen LogP contribution in [0, 0.1) is 0 Å². The summed E-state index contributed by atoms with van der Waals surface area (Å²) in [6, 6.07) is 25.3. The topological polar surface area (TPSA) is 50.1 Å². The van der Waals surface area contributed by atoms with Crippen molar-refractivity contribution < 1.29 is 5.11 Å². The van der Waals surface area contributed by atoms with Crippen molar-refractivity contribution in [1.82, 2.24) is 9.55 Å². The fourth-order valence-corrected chi connectivity index (χ4v) is 3.99. The molecule has 1 heterocycles. The van der Waals surface area contributed by atoms with Crippen LogP contribution >= 0.6 is 23.2 Å². The van der Waals surface area contributed by atoms with E-state index in [1.807, 2.05) is 48.0 Å². The van der Waals surface area contributed by atoms with E-state index in [1.54, 1.807) is 18.2 Å². The number of nitrogens with zero attached hydrogens (tertiary/aromatic N) is 2. The first-order chi connectivity index (χ1) is 14.5. The number of hydrogen-bond donors (Lipinski definition) is 2. The number of anilines is 1. The number of aromatic nitrogens is 2. The van der Waals surface area contributed by atoms with E-state index in [0.717, 1.165) is 17.0 Å². The van der Waals surface area contributed by atoms with E-state index in [-0.39, 0.29) is 0 Å². The number of aliphatic hydroxyl groups is 1. The molecule has 0 radical (unpaired) electrons. The molecule has 152 valence electrons. The van der Waals surface area contributed by atoms with E-state index < -0.39 is 6.23 Å². The Morgan fingerprint density at radius 2 is 1.63 bits per heavy atom. The van der Waals surface area contributed by atoms with Gasteiger partial charge in [0, 0.05) is 34.6 Å². The molecule has 4 rings (SSSR count). The van der Waals surface area contributed by atoms with Gasteiger partial charge in [0.1, 0.15) is 0 Å². The van der Waals surface area contributed by atoms with Crippen LogP contribution in [0.2, 0.25) is 10.0 Å². The van der Waals surface area contributed by atoms with Crippen LogP contribution in [0.15, 0.2) is 78.9 Å². The van der Waals surface area contributed by atoms with Crippen LogP contribution in [-0.2, 0) is 13.5 Å². The summed E-state index contributed by atoms with van der Waals surface area (Å²) in [5.74, 6) is 0.554. The molecule has 0 amide bonds. The summed E-state index contributed by atoms with van der Waals surface area (Å²) in [6.07, 6.45) is -0.345. The van der Waals surface area contributed by atoms with Gasteiger partial charge in [-0.1, -0.05) is 89.9 Å². The van der Waals surface area contributed by atoms with Crippen molar-refractivity contribution >= 4 is 29.2 Å². The van der Waals surface area contributed by atoms with Crippen molar-refractivity contribution in [2.75, 3.05) is 5.32 Å². The Labute approximate surface area is 185 Å². The Morgan fingerprint density at radius 1 is 0.967 bits per heavy atom. The zero-order valence-corrected chi connectivity index (χ0v) is 17.9. The van der Waals surface area contributed by atoms with E-state index in [9.17, 15) is 5.11 Å². The van der Waals surface area contributed by atoms with Crippen molar-refractivity contribution in [3.05, 3.63) is 106 Å². The lowest BCUT2D eigenvalue weighted by Crippen LogP contribution is -2.13. The van der Waals surface area contributed by atoms with Gasteiger partial charge in [-0.25, -0.2) is 4.98 Å². The zero-order valence-electron chi connectivity index (χ0n) is 16.4. The van der Waals surface area contributed by atoms with E-state index in [1.165, 1.54) is 5.56 Å². The summed E-state index contributed by atoms with van der Waals surface area (Å²) in [5.41, 5.74) is 4.68. The second-order valence-corrected chi connectivity index (χ2v) is 7.87. The highest BCUT2D eigenvalue weighted by Gasteiger charge is 2.20. The molecule has 0 saturated heterocycles. The van der Waals surface area contributed by atoms with Gasteiger partial charge in [0.05, 0.1) is 11.4 Å². The molecule has 0 bridgehead atoms. The number of rotatable bonds is 6. The van der Waals surface area contributed by atoms with E-state index >= 15 is 0 Å². The van der Waals surface area contributed by atoms with Gasteiger partial charge in [-0.2, -0.15) is 0 Å². The van der Waals surface area contributed by atoms with Crippen LogP contribution in [0.4, 0.5) is 5.95 Å². The average molecular weight is 438 g/mol. The van der Waals surface area contributed by atoms with Gasteiger partial charge in [-0.15, -0.1) is 0 Å². The second kappa shape index (κ2) is 8.92. The SMILES string of the molecule is Cn1c(NC(O)c2ccc(Cl)cc2Cl)nc(Cc2ccccc2)c1-c1ccccc1.